The average molecular weight is 272 g/mol. The number of hydrogen-bond acceptors (Lipinski definition) is 3. The summed E-state index contributed by atoms with van der Waals surface area (Å²) in [5.41, 5.74) is 6.67. The van der Waals surface area contributed by atoms with Crippen LogP contribution < -0.4 is 20.5 Å². The van der Waals surface area contributed by atoms with Gasteiger partial charge in [-0.15, -0.1) is 0 Å². The van der Waals surface area contributed by atoms with E-state index in [1.807, 2.05) is 30.3 Å². The minimum atomic E-state index is -0.639. The number of hydrogen-bond donors (Lipinski definition) is 2. The minimum absolute atomic E-state index is 0.390. The van der Waals surface area contributed by atoms with Crippen molar-refractivity contribution in [3.8, 4) is 11.5 Å². The lowest BCUT2D eigenvalue weighted by atomic mass is 10.2. The zero-order valence-corrected chi connectivity index (χ0v) is 11.1. The molecule has 0 fully saturated rings. The molecule has 2 rings (SSSR count). The monoisotopic (exact) mass is 272 g/mol. The molecule has 0 spiro atoms. The first kappa shape index (κ1) is 13.7. The summed E-state index contributed by atoms with van der Waals surface area (Å²) in [6.07, 6.45) is 0. The lowest BCUT2D eigenvalue weighted by Gasteiger charge is -2.13. The molecular formula is C15H16N2O3. The lowest BCUT2D eigenvalue weighted by Crippen LogP contribution is -2.19. The molecular weight excluding hydrogens is 256 g/mol. The van der Waals surface area contributed by atoms with E-state index in [-0.39, 0.29) is 0 Å². The van der Waals surface area contributed by atoms with Crippen LogP contribution in [-0.2, 0) is 6.61 Å². The van der Waals surface area contributed by atoms with Gasteiger partial charge in [0.1, 0.15) is 18.1 Å². The topological polar surface area (TPSA) is 73.6 Å². The molecule has 0 radical (unpaired) electrons. The van der Waals surface area contributed by atoms with Gasteiger partial charge in [0.2, 0.25) is 0 Å². The van der Waals surface area contributed by atoms with E-state index >= 15 is 0 Å². The zero-order chi connectivity index (χ0) is 14.4. The average Bonchev–Trinajstić information content (AvgIpc) is 2.47. The molecule has 20 heavy (non-hydrogen) atoms. The summed E-state index contributed by atoms with van der Waals surface area (Å²) in [5.74, 6) is 1.15. The largest absolute Gasteiger partial charge is 0.497 e. The molecule has 0 aliphatic rings. The van der Waals surface area contributed by atoms with Gasteiger partial charge in [0.25, 0.3) is 0 Å². The first-order chi connectivity index (χ1) is 9.69. The van der Waals surface area contributed by atoms with E-state index < -0.39 is 6.03 Å². The Morgan fingerprint density at radius 3 is 2.60 bits per heavy atom. The Morgan fingerprint density at radius 1 is 1.20 bits per heavy atom. The summed E-state index contributed by atoms with van der Waals surface area (Å²) in [6, 6.07) is 14.2. The molecule has 2 amide bonds. The third kappa shape index (κ3) is 3.65. The highest BCUT2D eigenvalue weighted by Crippen LogP contribution is 2.30. The van der Waals surface area contributed by atoms with Crippen LogP contribution in [0.25, 0.3) is 0 Å². The molecule has 2 aromatic carbocycles. The van der Waals surface area contributed by atoms with E-state index in [9.17, 15) is 4.79 Å². The van der Waals surface area contributed by atoms with Crippen LogP contribution in [0.3, 0.4) is 0 Å². The third-order valence-electron chi connectivity index (χ3n) is 2.68. The Hall–Kier alpha value is -2.69. The lowest BCUT2D eigenvalue weighted by molar-refractivity contribution is 0.259. The van der Waals surface area contributed by atoms with Crippen LogP contribution in [0.2, 0.25) is 0 Å². The van der Waals surface area contributed by atoms with Crippen LogP contribution in [0.5, 0.6) is 11.5 Å². The van der Waals surface area contributed by atoms with Crippen LogP contribution in [0.4, 0.5) is 10.5 Å². The van der Waals surface area contributed by atoms with Crippen LogP contribution in [-0.4, -0.2) is 13.1 Å². The number of carbonyl (C=O) groups excluding carboxylic acids is 1. The van der Waals surface area contributed by atoms with Crippen molar-refractivity contribution in [1.29, 1.82) is 0 Å². The number of methoxy groups -OCH3 is 1. The van der Waals surface area contributed by atoms with Crippen molar-refractivity contribution in [3.05, 3.63) is 54.1 Å². The molecule has 2 aromatic rings. The van der Waals surface area contributed by atoms with Gasteiger partial charge in [-0.1, -0.05) is 30.3 Å². The zero-order valence-electron chi connectivity index (χ0n) is 11.1. The second-order valence-electron chi connectivity index (χ2n) is 4.13. The van der Waals surface area contributed by atoms with Crippen LogP contribution in [0.15, 0.2) is 48.5 Å². The van der Waals surface area contributed by atoms with Gasteiger partial charge < -0.3 is 20.5 Å². The Bertz CT molecular complexity index is 585. The van der Waals surface area contributed by atoms with E-state index in [4.69, 9.17) is 15.2 Å². The number of carbonyl (C=O) groups is 1. The first-order valence-electron chi connectivity index (χ1n) is 6.10. The molecule has 104 valence electrons. The Balaban J connectivity index is 2.17. The number of nitrogens with two attached hydrogens (primary N) is 1. The van der Waals surface area contributed by atoms with E-state index in [1.165, 1.54) is 0 Å². The standard InChI is InChI=1S/C15H16N2O3/c1-19-12-7-8-13(17-15(16)18)14(9-12)20-10-11-5-3-2-4-6-11/h2-9H,10H2,1H3,(H3,16,17,18). The fourth-order valence-corrected chi connectivity index (χ4v) is 1.72. The van der Waals surface area contributed by atoms with Crippen molar-refractivity contribution in [1.82, 2.24) is 0 Å². The van der Waals surface area contributed by atoms with E-state index in [0.717, 1.165) is 5.56 Å². The summed E-state index contributed by atoms with van der Waals surface area (Å²) in [6.45, 7) is 0.390. The molecule has 0 aromatic heterocycles. The summed E-state index contributed by atoms with van der Waals surface area (Å²) < 4.78 is 10.9. The summed E-state index contributed by atoms with van der Waals surface area (Å²) in [7, 11) is 1.57. The van der Waals surface area contributed by atoms with Gasteiger partial charge in [-0.2, -0.15) is 0 Å². The smallest absolute Gasteiger partial charge is 0.316 e. The van der Waals surface area contributed by atoms with Gasteiger partial charge in [-0.3, -0.25) is 0 Å². The third-order valence-corrected chi connectivity index (χ3v) is 2.68. The SMILES string of the molecule is COc1ccc(NC(N)=O)c(OCc2ccccc2)c1. The highest BCUT2D eigenvalue weighted by molar-refractivity contribution is 5.89. The molecule has 5 nitrogen and oxygen atoms in total. The quantitative estimate of drug-likeness (QED) is 0.879. The molecule has 0 unspecified atom stereocenters. The van der Waals surface area contributed by atoms with Gasteiger partial charge in [-0.05, 0) is 17.7 Å². The van der Waals surface area contributed by atoms with Gasteiger partial charge in [0, 0.05) is 6.07 Å². The van der Waals surface area contributed by atoms with Crippen LogP contribution in [0, 0.1) is 0 Å². The van der Waals surface area contributed by atoms with Crippen molar-refractivity contribution >= 4 is 11.7 Å². The number of amides is 2. The first-order valence-corrected chi connectivity index (χ1v) is 6.10. The van der Waals surface area contributed by atoms with Crippen molar-refractivity contribution in [2.24, 2.45) is 5.73 Å². The van der Waals surface area contributed by atoms with Gasteiger partial charge in [0.15, 0.2) is 0 Å². The molecule has 5 heteroatoms. The summed E-state index contributed by atoms with van der Waals surface area (Å²) >= 11 is 0. The van der Waals surface area contributed by atoms with Crippen LogP contribution >= 0.6 is 0 Å². The second kappa shape index (κ2) is 6.47. The maximum atomic E-state index is 11.0. The van der Waals surface area contributed by atoms with Gasteiger partial charge >= 0.3 is 6.03 Å². The molecule has 0 bridgehead atoms. The molecule has 0 aliphatic heterocycles. The normalized spacial score (nSPS) is 9.85. The predicted octanol–water partition coefficient (Wildman–Crippen LogP) is 2.76. The number of primary amides is 1. The highest BCUT2D eigenvalue weighted by Gasteiger charge is 2.08. The number of anilines is 1. The maximum absolute atomic E-state index is 11.0. The second-order valence-corrected chi connectivity index (χ2v) is 4.13. The predicted molar refractivity (Wildman–Crippen MR) is 77.0 cm³/mol. The summed E-state index contributed by atoms with van der Waals surface area (Å²) in [5, 5.41) is 2.52. The number of ether oxygens (including phenoxy) is 2. The molecule has 0 aliphatic carbocycles. The molecule has 0 atom stereocenters. The Kier molecular flexibility index (Phi) is 4.44. The van der Waals surface area contributed by atoms with Crippen molar-refractivity contribution in [2.75, 3.05) is 12.4 Å². The van der Waals surface area contributed by atoms with Gasteiger partial charge in [0.05, 0.1) is 12.8 Å². The number of benzene rings is 2. The number of nitrogens with one attached hydrogen (secondary N) is 1. The van der Waals surface area contributed by atoms with E-state index in [1.54, 1.807) is 25.3 Å². The Morgan fingerprint density at radius 2 is 1.95 bits per heavy atom. The Labute approximate surface area is 117 Å². The fraction of sp³-hybridized carbons (Fsp3) is 0.133. The molecule has 0 heterocycles. The van der Waals surface area contributed by atoms with Crippen molar-refractivity contribution in [3.63, 3.8) is 0 Å². The van der Waals surface area contributed by atoms with Crippen molar-refractivity contribution < 1.29 is 14.3 Å². The summed E-state index contributed by atoms with van der Waals surface area (Å²) in [4.78, 5) is 11.0. The van der Waals surface area contributed by atoms with Crippen LogP contribution in [0.1, 0.15) is 5.56 Å². The number of urea groups is 1. The van der Waals surface area contributed by atoms with E-state index in [0.29, 0.717) is 23.8 Å². The molecule has 0 saturated heterocycles. The molecule has 0 saturated carbocycles. The van der Waals surface area contributed by atoms with E-state index in [2.05, 4.69) is 5.32 Å². The fourth-order valence-electron chi connectivity index (χ4n) is 1.72. The van der Waals surface area contributed by atoms with Crippen molar-refractivity contribution in [2.45, 2.75) is 6.61 Å². The highest BCUT2D eigenvalue weighted by atomic mass is 16.5. The van der Waals surface area contributed by atoms with Gasteiger partial charge in [-0.25, -0.2) is 4.79 Å². The maximum Gasteiger partial charge on any atom is 0.316 e. The number of rotatable bonds is 5. The minimum Gasteiger partial charge on any atom is -0.497 e. The molecule has 3 N–H and O–H groups in total.